The van der Waals surface area contributed by atoms with Gasteiger partial charge in [-0.2, -0.15) is 11.8 Å². The van der Waals surface area contributed by atoms with Crippen molar-refractivity contribution in [3.8, 4) is 0 Å². The molecule has 0 saturated carbocycles. The summed E-state index contributed by atoms with van der Waals surface area (Å²) in [6.07, 6.45) is 4.85. The molecule has 0 spiro atoms. The molecule has 0 aliphatic carbocycles. The molecular weight excluding hydrogens is 284 g/mol. The summed E-state index contributed by atoms with van der Waals surface area (Å²) in [5, 5.41) is 3.02. The van der Waals surface area contributed by atoms with Crippen molar-refractivity contribution in [3.63, 3.8) is 0 Å². The van der Waals surface area contributed by atoms with Gasteiger partial charge in [0.15, 0.2) is 0 Å². The van der Waals surface area contributed by atoms with Gasteiger partial charge in [-0.1, -0.05) is 13.8 Å². The van der Waals surface area contributed by atoms with E-state index < -0.39 is 0 Å². The predicted octanol–water partition coefficient (Wildman–Crippen LogP) is 2.58. The number of nitrogens with one attached hydrogen (secondary N) is 1. The Balaban J connectivity index is 1.90. The standard InChI is InChI=1S/C15H26N4OS/c1-12(2)11-18-6-5-16-14(18)10-17-15(20)19-7-9-21-8-4-13(19)3/h5-6,12-13H,4,7-11H2,1-3H3,(H,17,20)/t13-/m1/s1. The Morgan fingerprint density at radius 1 is 1.52 bits per heavy atom. The fourth-order valence-electron chi connectivity index (χ4n) is 2.52. The topological polar surface area (TPSA) is 50.2 Å². The second-order valence-corrected chi connectivity index (χ2v) is 7.22. The molecule has 118 valence electrons. The normalized spacial score (nSPS) is 19.6. The Labute approximate surface area is 131 Å². The van der Waals surface area contributed by atoms with E-state index in [4.69, 9.17) is 0 Å². The van der Waals surface area contributed by atoms with E-state index in [2.05, 4.69) is 35.6 Å². The van der Waals surface area contributed by atoms with Gasteiger partial charge in [-0.15, -0.1) is 0 Å². The molecule has 2 amide bonds. The molecule has 1 atom stereocenters. The molecule has 1 aromatic heterocycles. The van der Waals surface area contributed by atoms with Gasteiger partial charge < -0.3 is 14.8 Å². The minimum atomic E-state index is 0.0316. The molecule has 1 saturated heterocycles. The minimum Gasteiger partial charge on any atom is -0.333 e. The highest BCUT2D eigenvalue weighted by Gasteiger charge is 2.22. The summed E-state index contributed by atoms with van der Waals surface area (Å²) in [4.78, 5) is 18.7. The Kier molecular flexibility index (Phi) is 5.96. The van der Waals surface area contributed by atoms with Crippen molar-refractivity contribution < 1.29 is 4.79 Å². The summed E-state index contributed by atoms with van der Waals surface area (Å²) in [6, 6.07) is 0.347. The van der Waals surface area contributed by atoms with Gasteiger partial charge in [0.25, 0.3) is 0 Å². The number of amides is 2. The minimum absolute atomic E-state index is 0.0316. The highest BCUT2D eigenvalue weighted by atomic mass is 32.2. The number of hydrogen-bond donors (Lipinski definition) is 1. The van der Waals surface area contributed by atoms with Crippen LogP contribution in [-0.4, -0.2) is 44.6 Å². The van der Waals surface area contributed by atoms with Gasteiger partial charge in [0.2, 0.25) is 0 Å². The van der Waals surface area contributed by atoms with Crippen molar-refractivity contribution in [1.29, 1.82) is 0 Å². The fourth-order valence-corrected chi connectivity index (χ4v) is 3.56. The first kappa shape index (κ1) is 16.2. The van der Waals surface area contributed by atoms with E-state index >= 15 is 0 Å². The molecule has 6 heteroatoms. The van der Waals surface area contributed by atoms with Crippen molar-refractivity contribution in [2.75, 3.05) is 18.1 Å². The van der Waals surface area contributed by atoms with Crippen molar-refractivity contribution in [2.45, 2.75) is 46.3 Å². The SMILES string of the molecule is CC(C)Cn1ccnc1CNC(=O)N1CCSCC[C@H]1C. The van der Waals surface area contributed by atoms with Gasteiger partial charge in [0.1, 0.15) is 5.82 Å². The average Bonchev–Trinajstić information content (AvgIpc) is 2.74. The number of urea groups is 1. The fraction of sp³-hybridized carbons (Fsp3) is 0.733. The van der Waals surface area contributed by atoms with Crippen molar-refractivity contribution >= 4 is 17.8 Å². The first-order valence-corrected chi connectivity index (χ1v) is 8.85. The number of hydrogen-bond acceptors (Lipinski definition) is 3. The number of rotatable bonds is 4. The predicted molar refractivity (Wildman–Crippen MR) is 87.4 cm³/mol. The molecule has 1 fully saturated rings. The molecule has 2 heterocycles. The van der Waals surface area contributed by atoms with E-state index in [9.17, 15) is 4.79 Å². The maximum atomic E-state index is 12.4. The Bertz CT molecular complexity index is 460. The maximum Gasteiger partial charge on any atom is 0.318 e. The zero-order valence-electron chi connectivity index (χ0n) is 13.2. The second kappa shape index (κ2) is 7.73. The van der Waals surface area contributed by atoms with Crippen LogP contribution in [0.15, 0.2) is 12.4 Å². The van der Waals surface area contributed by atoms with Crippen molar-refractivity contribution in [2.24, 2.45) is 5.92 Å². The third-order valence-corrected chi connectivity index (χ3v) is 4.71. The maximum absolute atomic E-state index is 12.4. The van der Waals surface area contributed by atoms with Gasteiger partial charge >= 0.3 is 6.03 Å². The number of carbonyl (C=O) groups excluding carboxylic acids is 1. The molecule has 1 aliphatic rings. The molecule has 1 aromatic rings. The van der Waals surface area contributed by atoms with Gasteiger partial charge in [0.05, 0.1) is 6.54 Å². The lowest BCUT2D eigenvalue weighted by atomic mass is 10.2. The summed E-state index contributed by atoms with van der Waals surface area (Å²) in [5.74, 6) is 3.66. The number of thioether (sulfide) groups is 1. The van der Waals surface area contributed by atoms with Gasteiger partial charge in [-0.05, 0) is 25.0 Å². The molecule has 0 aromatic carbocycles. The smallest absolute Gasteiger partial charge is 0.318 e. The molecule has 21 heavy (non-hydrogen) atoms. The summed E-state index contributed by atoms with van der Waals surface area (Å²) in [7, 11) is 0. The van der Waals surface area contributed by atoms with E-state index in [0.29, 0.717) is 18.5 Å². The Morgan fingerprint density at radius 2 is 2.33 bits per heavy atom. The van der Waals surface area contributed by atoms with Crippen LogP contribution in [0.5, 0.6) is 0 Å². The van der Waals surface area contributed by atoms with Gasteiger partial charge in [-0.25, -0.2) is 9.78 Å². The number of aromatic nitrogens is 2. The summed E-state index contributed by atoms with van der Waals surface area (Å²) in [5.41, 5.74) is 0. The van der Waals surface area contributed by atoms with E-state index in [1.165, 1.54) is 0 Å². The molecule has 1 aliphatic heterocycles. The van der Waals surface area contributed by atoms with Crippen LogP contribution in [-0.2, 0) is 13.1 Å². The lowest BCUT2D eigenvalue weighted by Gasteiger charge is -2.27. The van der Waals surface area contributed by atoms with E-state index in [0.717, 1.165) is 36.8 Å². The summed E-state index contributed by atoms with van der Waals surface area (Å²) in [6.45, 7) is 8.75. The number of carbonyl (C=O) groups is 1. The first-order valence-electron chi connectivity index (χ1n) is 7.70. The number of nitrogens with zero attached hydrogens (tertiary/aromatic N) is 3. The van der Waals surface area contributed by atoms with Crippen LogP contribution < -0.4 is 5.32 Å². The molecule has 5 nitrogen and oxygen atoms in total. The molecule has 0 radical (unpaired) electrons. The highest BCUT2D eigenvalue weighted by Crippen LogP contribution is 2.16. The zero-order chi connectivity index (χ0) is 15.2. The third kappa shape index (κ3) is 4.66. The quantitative estimate of drug-likeness (QED) is 0.930. The lowest BCUT2D eigenvalue weighted by Crippen LogP contribution is -2.45. The largest absolute Gasteiger partial charge is 0.333 e. The van der Waals surface area contributed by atoms with Gasteiger partial charge in [-0.3, -0.25) is 0 Å². The zero-order valence-corrected chi connectivity index (χ0v) is 14.0. The molecular formula is C15H26N4OS. The molecule has 2 rings (SSSR count). The van der Waals surface area contributed by atoms with Crippen LogP contribution in [0.1, 0.15) is 33.0 Å². The Hall–Kier alpha value is -1.17. The summed E-state index contributed by atoms with van der Waals surface area (Å²) >= 11 is 1.93. The van der Waals surface area contributed by atoms with E-state index in [1.54, 1.807) is 6.20 Å². The molecule has 0 bridgehead atoms. The Morgan fingerprint density at radius 3 is 3.10 bits per heavy atom. The van der Waals surface area contributed by atoms with Crippen LogP contribution in [0.3, 0.4) is 0 Å². The van der Waals surface area contributed by atoms with Crippen LogP contribution >= 0.6 is 11.8 Å². The van der Waals surface area contributed by atoms with Crippen LogP contribution in [0.2, 0.25) is 0 Å². The lowest BCUT2D eigenvalue weighted by molar-refractivity contribution is 0.182. The van der Waals surface area contributed by atoms with Gasteiger partial charge in [0, 0.05) is 37.3 Å². The van der Waals surface area contributed by atoms with E-state index in [-0.39, 0.29) is 6.03 Å². The van der Waals surface area contributed by atoms with Crippen molar-refractivity contribution in [3.05, 3.63) is 18.2 Å². The van der Waals surface area contributed by atoms with Crippen LogP contribution in [0.4, 0.5) is 4.79 Å². The molecule has 0 unspecified atom stereocenters. The second-order valence-electron chi connectivity index (χ2n) is 5.99. The summed E-state index contributed by atoms with van der Waals surface area (Å²) < 4.78 is 2.12. The first-order chi connectivity index (χ1) is 10.1. The van der Waals surface area contributed by atoms with E-state index in [1.807, 2.05) is 22.9 Å². The monoisotopic (exact) mass is 310 g/mol. The van der Waals surface area contributed by atoms with Crippen LogP contribution in [0.25, 0.3) is 0 Å². The molecule has 1 N–H and O–H groups in total. The third-order valence-electron chi connectivity index (χ3n) is 3.71. The average molecular weight is 310 g/mol. The van der Waals surface area contributed by atoms with Crippen LogP contribution in [0, 0.1) is 5.92 Å². The van der Waals surface area contributed by atoms with Crippen molar-refractivity contribution in [1.82, 2.24) is 19.8 Å². The number of imidazole rings is 1. The highest BCUT2D eigenvalue weighted by molar-refractivity contribution is 7.99.